The molecule has 0 spiro atoms. The Hall–Kier alpha value is -0.390. The lowest BCUT2D eigenvalue weighted by atomic mass is 10.1. The summed E-state index contributed by atoms with van der Waals surface area (Å²) < 4.78 is 23.4. The van der Waals surface area contributed by atoms with Crippen molar-refractivity contribution in [1.29, 1.82) is 0 Å². The Bertz CT molecular complexity index is 524. The van der Waals surface area contributed by atoms with Crippen LogP contribution in [0.2, 0.25) is 0 Å². The highest BCUT2D eigenvalue weighted by Gasteiger charge is 2.29. The van der Waals surface area contributed by atoms with E-state index in [1.807, 2.05) is 19.1 Å². The summed E-state index contributed by atoms with van der Waals surface area (Å²) in [6.07, 6.45) is 1.27. The quantitative estimate of drug-likeness (QED) is 0.901. The molecule has 0 saturated carbocycles. The summed E-state index contributed by atoms with van der Waals surface area (Å²) in [5, 5.41) is 3.20. The zero-order chi connectivity index (χ0) is 14.0. The maximum atomic E-state index is 11.5. The van der Waals surface area contributed by atoms with E-state index in [0.717, 1.165) is 10.0 Å². The molecule has 1 N–H and O–H groups in total. The molecule has 1 aromatic rings. The number of rotatable bonds is 5. The van der Waals surface area contributed by atoms with Crippen molar-refractivity contribution in [3.63, 3.8) is 0 Å². The maximum absolute atomic E-state index is 11.5. The number of hydrogen-bond acceptors (Lipinski definition) is 3. The van der Waals surface area contributed by atoms with Gasteiger partial charge in [-0.15, -0.1) is 0 Å². The van der Waals surface area contributed by atoms with Gasteiger partial charge in [0, 0.05) is 23.8 Å². The minimum atomic E-state index is -3.04. The second-order valence-electron chi connectivity index (χ2n) is 5.22. The van der Waals surface area contributed by atoms with Crippen molar-refractivity contribution >= 4 is 25.8 Å². The third-order valence-electron chi connectivity index (χ3n) is 3.12. The molecule has 1 aromatic carbocycles. The molecule has 0 aliphatic carbocycles. The molecule has 0 heterocycles. The van der Waals surface area contributed by atoms with Crippen LogP contribution >= 0.6 is 15.9 Å². The number of sulfone groups is 1. The van der Waals surface area contributed by atoms with Crippen LogP contribution in [0.1, 0.15) is 25.0 Å². The molecule has 1 rings (SSSR count). The Balaban J connectivity index is 2.60. The lowest BCUT2D eigenvalue weighted by Gasteiger charge is -2.22. The molecule has 0 bridgehead atoms. The van der Waals surface area contributed by atoms with Gasteiger partial charge in [-0.2, -0.15) is 0 Å². The van der Waals surface area contributed by atoms with Crippen LogP contribution in [0.4, 0.5) is 0 Å². The minimum Gasteiger partial charge on any atom is -0.311 e. The fraction of sp³-hybridized carbons (Fsp3) is 0.538. The molecule has 0 atom stereocenters. The smallest absolute Gasteiger partial charge is 0.153 e. The summed E-state index contributed by atoms with van der Waals surface area (Å²) in [6, 6.07) is 6.14. The van der Waals surface area contributed by atoms with E-state index in [0.29, 0.717) is 13.1 Å². The van der Waals surface area contributed by atoms with Crippen LogP contribution in [0.3, 0.4) is 0 Å². The monoisotopic (exact) mass is 333 g/mol. The molecule has 0 fully saturated rings. The lowest BCUT2D eigenvalue weighted by Crippen LogP contribution is -2.41. The third kappa shape index (κ3) is 4.07. The minimum absolute atomic E-state index is 0.442. The normalized spacial score (nSPS) is 12.7. The van der Waals surface area contributed by atoms with Crippen molar-refractivity contribution in [2.75, 3.05) is 12.8 Å². The fourth-order valence-electron chi connectivity index (χ4n) is 1.39. The summed E-state index contributed by atoms with van der Waals surface area (Å²) >= 11 is 3.49. The summed E-state index contributed by atoms with van der Waals surface area (Å²) in [7, 11) is -3.04. The number of benzene rings is 1. The van der Waals surface area contributed by atoms with Crippen LogP contribution in [0.25, 0.3) is 0 Å². The topological polar surface area (TPSA) is 46.2 Å². The van der Waals surface area contributed by atoms with Crippen molar-refractivity contribution in [2.24, 2.45) is 0 Å². The molecular weight excluding hydrogens is 314 g/mol. The lowest BCUT2D eigenvalue weighted by molar-refractivity contribution is 0.521. The Labute approximate surface area is 118 Å². The molecule has 102 valence electrons. The van der Waals surface area contributed by atoms with E-state index in [1.54, 1.807) is 13.8 Å². The Kier molecular flexibility index (Phi) is 4.98. The van der Waals surface area contributed by atoms with Crippen molar-refractivity contribution in [3.8, 4) is 0 Å². The molecule has 0 saturated heterocycles. The van der Waals surface area contributed by atoms with Crippen LogP contribution in [0.5, 0.6) is 0 Å². The predicted octanol–water partition coefficient (Wildman–Crippen LogP) is 2.67. The molecule has 3 nitrogen and oxygen atoms in total. The van der Waals surface area contributed by atoms with E-state index in [9.17, 15) is 8.42 Å². The standard InChI is InChI=1S/C13H20BrNO2S/c1-10-5-6-11(7-12(10)14)8-15-9-13(2,3)18(4,16)17/h5-7,15H,8-9H2,1-4H3. The van der Waals surface area contributed by atoms with Gasteiger partial charge in [-0.3, -0.25) is 0 Å². The summed E-state index contributed by atoms with van der Waals surface area (Å²) in [5.74, 6) is 0. The van der Waals surface area contributed by atoms with Crippen molar-refractivity contribution in [3.05, 3.63) is 33.8 Å². The molecule has 0 amide bonds. The van der Waals surface area contributed by atoms with E-state index in [-0.39, 0.29) is 0 Å². The average molecular weight is 334 g/mol. The Morgan fingerprint density at radius 1 is 1.33 bits per heavy atom. The SMILES string of the molecule is Cc1ccc(CNCC(C)(C)S(C)(=O)=O)cc1Br. The second-order valence-corrected chi connectivity index (χ2v) is 8.72. The first-order valence-corrected chi connectivity index (χ1v) is 8.47. The van der Waals surface area contributed by atoms with Crippen molar-refractivity contribution in [2.45, 2.75) is 32.1 Å². The first-order chi connectivity index (χ1) is 8.13. The molecule has 0 unspecified atom stereocenters. The van der Waals surface area contributed by atoms with E-state index in [2.05, 4.69) is 27.3 Å². The number of nitrogens with one attached hydrogen (secondary N) is 1. The number of aryl methyl sites for hydroxylation is 1. The molecular formula is C13H20BrNO2S. The van der Waals surface area contributed by atoms with Crippen LogP contribution in [-0.4, -0.2) is 26.0 Å². The van der Waals surface area contributed by atoms with Gasteiger partial charge in [0.1, 0.15) is 0 Å². The first kappa shape index (κ1) is 15.7. The van der Waals surface area contributed by atoms with Crippen LogP contribution in [0, 0.1) is 6.92 Å². The van der Waals surface area contributed by atoms with Gasteiger partial charge < -0.3 is 5.32 Å². The second kappa shape index (κ2) is 5.72. The Morgan fingerprint density at radius 2 is 1.94 bits per heavy atom. The van der Waals surface area contributed by atoms with Gasteiger partial charge in [-0.05, 0) is 38.0 Å². The molecule has 0 aliphatic heterocycles. The largest absolute Gasteiger partial charge is 0.311 e. The van der Waals surface area contributed by atoms with Gasteiger partial charge in [0.15, 0.2) is 9.84 Å². The van der Waals surface area contributed by atoms with Crippen LogP contribution in [-0.2, 0) is 16.4 Å². The Morgan fingerprint density at radius 3 is 2.44 bits per heavy atom. The molecule has 0 aliphatic rings. The van der Waals surface area contributed by atoms with Gasteiger partial charge in [0.25, 0.3) is 0 Å². The van der Waals surface area contributed by atoms with Crippen molar-refractivity contribution < 1.29 is 8.42 Å². The molecule has 0 aromatic heterocycles. The zero-order valence-electron chi connectivity index (χ0n) is 11.2. The van der Waals surface area contributed by atoms with Crippen LogP contribution in [0.15, 0.2) is 22.7 Å². The third-order valence-corrected chi connectivity index (χ3v) is 6.13. The van der Waals surface area contributed by atoms with Crippen molar-refractivity contribution in [1.82, 2.24) is 5.32 Å². The first-order valence-electron chi connectivity index (χ1n) is 5.79. The summed E-state index contributed by atoms with van der Waals surface area (Å²) in [5.41, 5.74) is 2.33. The summed E-state index contributed by atoms with van der Waals surface area (Å²) in [4.78, 5) is 0. The van der Waals surface area contributed by atoms with E-state index >= 15 is 0 Å². The average Bonchev–Trinajstić information content (AvgIpc) is 2.21. The van der Waals surface area contributed by atoms with Crippen LogP contribution < -0.4 is 5.32 Å². The number of halogens is 1. The maximum Gasteiger partial charge on any atom is 0.153 e. The zero-order valence-corrected chi connectivity index (χ0v) is 13.7. The number of hydrogen-bond donors (Lipinski definition) is 1. The highest BCUT2D eigenvalue weighted by atomic mass is 79.9. The highest BCUT2D eigenvalue weighted by Crippen LogP contribution is 2.18. The van der Waals surface area contributed by atoms with Gasteiger partial charge >= 0.3 is 0 Å². The molecule has 5 heteroatoms. The van der Waals surface area contributed by atoms with Gasteiger partial charge in [-0.1, -0.05) is 28.1 Å². The fourth-order valence-corrected chi connectivity index (χ4v) is 2.18. The van der Waals surface area contributed by atoms with E-state index in [1.165, 1.54) is 11.8 Å². The van der Waals surface area contributed by atoms with Gasteiger partial charge in [0.2, 0.25) is 0 Å². The van der Waals surface area contributed by atoms with Gasteiger partial charge in [0.05, 0.1) is 4.75 Å². The molecule has 0 radical (unpaired) electrons. The summed E-state index contributed by atoms with van der Waals surface area (Å²) in [6.45, 7) is 6.62. The van der Waals surface area contributed by atoms with E-state index in [4.69, 9.17) is 0 Å². The highest BCUT2D eigenvalue weighted by molar-refractivity contribution is 9.10. The van der Waals surface area contributed by atoms with E-state index < -0.39 is 14.6 Å². The molecule has 18 heavy (non-hydrogen) atoms. The predicted molar refractivity (Wildman–Crippen MR) is 79.5 cm³/mol. The van der Waals surface area contributed by atoms with Gasteiger partial charge in [-0.25, -0.2) is 8.42 Å².